The third-order valence-electron chi connectivity index (χ3n) is 3.35. The summed E-state index contributed by atoms with van der Waals surface area (Å²) in [4.78, 5) is 10.8. The van der Waals surface area contributed by atoms with E-state index in [0.717, 1.165) is 31.4 Å². The van der Waals surface area contributed by atoms with Gasteiger partial charge >= 0.3 is 5.97 Å². The minimum Gasteiger partial charge on any atom is -0.481 e. The molecule has 17 heavy (non-hydrogen) atoms. The molecule has 1 N–H and O–H groups in total. The Morgan fingerprint density at radius 1 is 1.18 bits per heavy atom. The average molecular weight is 250 g/mol. The first-order valence-electron chi connectivity index (χ1n) is 6.14. The van der Waals surface area contributed by atoms with Crippen molar-refractivity contribution < 1.29 is 9.90 Å². The van der Waals surface area contributed by atoms with Crippen LogP contribution in [0.1, 0.15) is 31.2 Å². The molecular formula is C14H18O2S. The Bertz CT molecular complexity index is 356. The number of hydrogen-bond acceptors (Lipinski definition) is 2. The number of rotatable bonds is 4. The van der Waals surface area contributed by atoms with Crippen molar-refractivity contribution in [1.82, 2.24) is 0 Å². The predicted octanol–water partition coefficient (Wildman–Crippen LogP) is 3.56. The lowest BCUT2D eigenvalue weighted by Gasteiger charge is -2.25. The van der Waals surface area contributed by atoms with E-state index < -0.39 is 5.97 Å². The van der Waals surface area contributed by atoms with Crippen molar-refractivity contribution in [3.05, 3.63) is 35.9 Å². The van der Waals surface area contributed by atoms with E-state index in [2.05, 4.69) is 24.3 Å². The number of thioether (sulfide) groups is 1. The first-order chi connectivity index (χ1) is 8.25. The third-order valence-corrected chi connectivity index (χ3v) is 4.79. The van der Waals surface area contributed by atoms with Crippen LogP contribution in [0, 0.1) is 5.92 Å². The molecule has 3 heteroatoms. The van der Waals surface area contributed by atoms with Crippen molar-refractivity contribution in [1.29, 1.82) is 0 Å². The Morgan fingerprint density at radius 2 is 1.82 bits per heavy atom. The van der Waals surface area contributed by atoms with Crippen molar-refractivity contribution >= 4 is 17.7 Å². The molecule has 0 heterocycles. The van der Waals surface area contributed by atoms with Gasteiger partial charge in [0, 0.05) is 11.0 Å². The fourth-order valence-electron chi connectivity index (χ4n) is 2.26. The van der Waals surface area contributed by atoms with E-state index in [9.17, 15) is 4.79 Å². The van der Waals surface area contributed by atoms with Crippen molar-refractivity contribution in [2.24, 2.45) is 5.92 Å². The number of aliphatic carboxylic acids is 1. The molecule has 0 aromatic heterocycles. The minimum atomic E-state index is -0.614. The number of benzene rings is 1. The highest BCUT2D eigenvalue weighted by atomic mass is 32.2. The number of carbonyl (C=O) groups is 1. The Hall–Kier alpha value is -0.960. The topological polar surface area (TPSA) is 37.3 Å². The zero-order chi connectivity index (χ0) is 12.1. The minimum absolute atomic E-state index is 0.0939. The fraction of sp³-hybridized carbons (Fsp3) is 0.500. The Kier molecular flexibility index (Phi) is 4.49. The molecule has 1 aromatic carbocycles. The summed E-state index contributed by atoms with van der Waals surface area (Å²) in [6, 6.07) is 10.5. The van der Waals surface area contributed by atoms with Gasteiger partial charge in [0.1, 0.15) is 0 Å². The van der Waals surface area contributed by atoms with Gasteiger partial charge in [-0.1, -0.05) is 30.3 Å². The molecule has 0 atom stereocenters. The fourth-order valence-corrected chi connectivity index (χ4v) is 3.49. The van der Waals surface area contributed by atoms with Gasteiger partial charge in [0.15, 0.2) is 0 Å². The van der Waals surface area contributed by atoms with Gasteiger partial charge in [-0.2, -0.15) is 11.8 Å². The van der Waals surface area contributed by atoms with E-state index in [1.54, 1.807) is 0 Å². The maximum atomic E-state index is 10.8. The van der Waals surface area contributed by atoms with Crippen LogP contribution in [0.5, 0.6) is 0 Å². The number of carboxylic acid groups (broad SMARTS) is 1. The molecule has 2 nitrogen and oxygen atoms in total. The molecule has 0 spiro atoms. The molecule has 0 aliphatic heterocycles. The highest BCUT2D eigenvalue weighted by Crippen LogP contribution is 2.33. The lowest BCUT2D eigenvalue weighted by Crippen LogP contribution is -2.22. The lowest BCUT2D eigenvalue weighted by atomic mass is 9.89. The standard InChI is InChI=1S/C14H18O2S/c15-14(16)12-6-8-13(9-7-12)17-10-11-4-2-1-3-5-11/h1-5,12-13H,6-10H2,(H,15,16). The van der Waals surface area contributed by atoms with Gasteiger partial charge in [-0.15, -0.1) is 0 Å². The second-order valence-corrected chi connectivity index (χ2v) is 5.90. The smallest absolute Gasteiger partial charge is 0.306 e. The molecule has 0 saturated heterocycles. The summed E-state index contributed by atoms with van der Waals surface area (Å²) in [7, 11) is 0. The van der Waals surface area contributed by atoms with E-state index in [-0.39, 0.29) is 5.92 Å². The summed E-state index contributed by atoms with van der Waals surface area (Å²) in [5.41, 5.74) is 1.36. The molecule has 1 aromatic rings. The normalized spacial score (nSPS) is 24.5. The van der Waals surface area contributed by atoms with Gasteiger partial charge in [-0.25, -0.2) is 0 Å². The van der Waals surface area contributed by atoms with Crippen LogP contribution in [0.25, 0.3) is 0 Å². The predicted molar refractivity (Wildman–Crippen MR) is 71.1 cm³/mol. The van der Waals surface area contributed by atoms with E-state index in [1.807, 2.05) is 17.8 Å². The van der Waals surface area contributed by atoms with E-state index in [0.29, 0.717) is 5.25 Å². The Labute approximate surface area is 106 Å². The molecule has 92 valence electrons. The molecule has 0 bridgehead atoms. The zero-order valence-electron chi connectivity index (χ0n) is 9.84. The van der Waals surface area contributed by atoms with Crippen LogP contribution in [0.15, 0.2) is 30.3 Å². The van der Waals surface area contributed by atoms with Gasteiger partial charge in [-0.3, -0.25) is 4.79 Å². The van der Waals surface area contributed by atoms with Crippen LogP contribution in [0.2, 0.25) is 0 Å². The van der Waals surface area contributed by atoms with Crippen LogP contribution in [-0.4, -0.2) is 16.3 Å². The zero-order valence-corrected chi connectivity index (χ0v) is 10.7. The van der Waals surface area contributed by atoms with Crippen LogP contribution in [0.3, 0.4) is 0 Å². The van der Waals surface area contributed by atoms with Crippen LogP contribution < -0.4 is 0 Å². The first-order valence-corrected chi connectivity index (χ1v) is 7.19. The lowest BCUT2D eigenvalue weighted by molar-refractivity contribution is -0.142. The maximum absolute atomic E-state index is 10.8. The van der Waals surface area contributed by atoms with Gasteiger partial charge < -0.3 is 5.11 Å². The molecule has 2 rings (SSSR count). The van der Waals surface area contributed by atoms with E-state index in [4.69, 9.17) is 5.11 Å². The van der Waals surface area contributed by atoms with Crippen molar-refractivity contribution in [2.45, 2.75) is 36.7 Å². The average Bonchev–Trinajstić information content (AvgIpc) is 2.38. The van der Waals surface area contributed by atoms with Gasteiger partial charge in [0.25, 0.3) is 0 Å². The van der Waals surface area contributed by atoms with Gasteiger partial charge in [0.05, 0.1) is 5.92 Å². The second-order valence-electron chi connectivity index (χ2n) is 4.61. The number of carboxylic acids is 1. The highest BCUT2D eigenvalue weighted by molar-refractivity contribution is 7.99. The summed E-state index contributed by atoms with van der Waals surface area (Å²) in [5.74, 6) is 0.337. The highest BCUT2D eigenvalue weighted by Gasteiger charge is 2.25. The summed E-state index contributed by atoms with van der Waals surface area (Å²) < 4.78 is 0. The van der Waals surface area contributed by atoms with Crippen LogP contribution in [-0.2, 0) is 10.5 Å². The third kappa shape index (κ3) is 3.77. The second kappa shape index (κ2) is 6.10. The molecule has 1 aliphatic carbocycles. The first kappa shape index (κ1) is 12.5. The van der Waals surface area contributed by atoms with Gasteiger partial charge in [0.2, 0.25) is 0 Å². The van der Waals surface area contributed by atoms with Crippen molar-refractivity contribution in [3.63, 3.8) is 0 Å². The molecular weight excluding hydrogens is 232 g/mol. The van der Waals surface area contributed by atoms with E-state index in [1.165, 1.54) is 5.56 Å². The largest absolute Gasteiger partial charge is 0.481 e. The molecule has 0 amide bonds. The van der Waals surface area contributed by atoms with Crippen molar-refractivity contribution in [3.8, 4) is 0 Å². The number of hydrogen-bond donors (Lipinski definition) is 1. The molecule has 1 aliphatic rings. The Morgan fingerprint density at radius 3 is 2.41 bits per heavy atom. The summed E-state index contributed by atoms with van der Waals surface area (Å²) >= 11 is 1.97. The van der Waals surface area contributed by atoms with Gasteiger partial charge in [-0.05, 0) is 31.2 Å². The molecule has 1 fully saturated rings. The SMILES string of the molecule is O=C(O)C1CCC(SCc2ccccc2)CC1. The molecule has 0 unspecified atom stereocenters. The Balaban J connectivity index is 1.74. The molecule has 1 saturated carbocycles. The summed E-state index contributed by atoms with van der Waals surface area (Å²) in [5, 5.41) is 9.57. The quantitative estimate of drug-likeness (QED) is 0.887. The monoisotopic (exact) mass is 250 g/mol. The molecule has 0 radical (unpaired) electrons. The van der Waals surface area contributed by atoms with E-state index >= 15 is 0 Å². The summed E-state index contributed by atoms with van der Waals surface area (Å²) in [6.45, 7) is 0. The maximum Gasteiger partial charge on any atom is 0.306 e. The van der Waals surface area contributed by atoms with Crippen LogP contribution >= 0.6 is 11.8 Å². The summed E-state index contributed by atoms with van der Waals surface area (Å²) in [6.07, 6.45) is 3.80. The van der Waals surface area contributed by atoms with Crippen molar-refractivity contribution in [2.75, 3.05) is 0 Å². The van der Waals surface area contributed by atoms with Crippen LogP contribution in [0.4, 0.5) is 0 Å².